The topological polar surface area (TPSA) is 39.2 Å². The second kappa shape index (κ2) is 6.33. The van der Waals surface area contributed by atoms with Crippen molar-refractivity contribution >= 4 is 17.3 Å². The molecule has 0 amide bonds. The van der Waals surface area contributed by atoms with Gasteiger partial charge < -0.3 is 4.74 Å². The minimum Gasteiger partial charge on any atom is -0.455 e. The lowest BCUT2D eigenvalue weighted by atomic mass is 10.2. The molecule has 4 heteroatoms. The zero-order valence-corrected chi connectivity index (χ0v) is 12.0. The standard InChI is InChI=1S/C17H13NO2S/c19-17(14-9-5-2-6-10-14)20-11-16-18-15(12-21-16)13-7-3-1-4-8-13/h1-10,12H,11H2. The van der Waals surface area contributed by atoms with E-state index in [4.69, 9.17) is 4.74 Å². The predicted octanol–water partition coefficient (Wildman–Crippen LogP) is 4.17. The third-order valence-corrected chi connectivity index (χ3v) is 3.78. The second-order valence-electron chi connectivity index (χ2n) is 4.43. The lowest BCUT2D eigenvalue weighted by molar-refractivity contribution is 0.0472. The molecule has 3 rings (SSSR count). The van der Waals surface area contributed by atoms with Crippen LogP contribution in [0.15, 0.2) is 66.0 Å². The van der Waals surface area contributed by atoms with E-state index in [1.54, 1.807) is 12.1 Å². The molecule has 3 aromatic rings. The van der Waals surface area contributed by atoms with Crippen LogP contribution in [0.2, 0.25) is 0 Å². The zero-order chi connectivity index (χ0) is 14.5. The summed E-state index contributed by atoms with van der Waals surface area (Å²) in [6.45, 7) is 0.200. The number of hydrogen-bond acceptors (Lipinski definition) is 4. The van der Waals surface area contributed by atoms with Gasteiger partial charge in [0.1, 0.15) is 11.6 Å². The van der Waals surface area contributed by atoms with Crippen molar-refractivity contribution in [3.05, 3.63) is 76.6 Å². The lowest BCUT2D eigenvalue weighted by Crippen LogP contribution is -2.04. The third kappa shape index (κ3) is 3.35. The highest BCUT2D eigenvalue weighted by molar-refractivity contribution is 7.09. The highest BCUT2D eigenvalue weighted by Gasteiger charge is 2.09. The van der Waals surface area contributed by atoms with Crippen LogP contribution in [0.1, 0.15) is 15.4 Å². The van der Waals surface area contributed by atoms with Gasteiger partial charge in [0.05, 0.1) is 11.3 Å². The van der Waals surface area contributed by atoms with Crippen molar-refractivity contribution in [2.24, 2.45) is 0 Å². The molecule has 0 saturated carbocycles. The highest BCUT2D eigenvalue weighted by Crippen LogP contribution is 2.22. The van der Waals surface area contributed by atoms with E-state index in [2.05, 4.69) is 4.98 Å². The maximum absolute atomic E-state index is 11.8. The van der Waals surface area contributed by atoms with E-state index in [0.717, 1.165) is 16.3 Å². The Balaban J connectivity index is 1.64. The van der Waals surface area contributed by atoms with Gasteiger partial charge in [0.2, 0.25) is 0 Å². The van der Waals surface area contributed by atoms with Gasteiger partial charge in [-0.15, -0.1) is 11.3 Å². The smallest absolute Gasteiger partial charge is 0.338 e. The molecule has 2 aromatic carbocycles. The van der Waals surface area contributed by atoms with E-state index in [1.807, 2.05) is 53.9 Å². The van der Waals surface area contributed by atoms with Gasteiger partial charge in [0, 0.05) is 10.9 Å². The summed E-state index contributed by atoms with van der Waals surface area (Å²) in [5, 5.41) is 2.76. The van der Waals surface area contributed by atoms with Crippen molar-refractivity contribution in [1.82, 2.24) is 4.98 Å². The molecule has 0 bridgehead atoms. The van der Waals surface area contributed by atoms with Gasteiger partial charge in [-0.25, -0.2) is 9.78 Å². The average molecular weight is 295 g/mol. The first kappa shape index (κ1) is 13.5. The Labute approximate surface area is 126 Å². The summed E-state index contributed by atoms with van der Waals surface area (Å²) in [6, 6.07) is 18.9. The van der Waals surface area contributed by atoms with Crippen molar-refractivity contribution in [3.63, 3.8) is 0 Å². The number of aromatic nitrogens is 1. The largest absolute Gasteiger partial charge is 0.455 e. The fraction of sp³-hybridized carbons (Fsp3) is 0.0588. The SMILES string of the molecule is O=C(OCc1nc(-c2ccccc2)cs1)c1ccccc1. The Morgan fingerprint density at radius 2 is 1.67 bits per heavy atom. The quantitative estimate of drug-likeness (QED) is 0.678. The molecule has 104 valence electrons. The molecule has 0 N–H and O–H groups in total. The first-order valence-electron chi connectivity index (χ1n) is 6.55. The summed E-state index contributed by atoms with van der Waals surface area (Å²) in [4.78, 5) is 16.3. The second-order valence-corrected chi connectivity index (χ2v) is 5.38. The van der Waals surface area contributed by atoms with Crippen LogP contribution in [0.5, 0.6) is 0 Å². The zero-order valence-electron chi connectivity index (χ0n) is 11.2. The first-order chi connectivity index (χ1) is 10.3. The fourth-order valence-electron chi connectivity index (χ4n) is 1.90. The predicted molar refractivity (Wildman–Crippen MR) is 83.1 cm³/mol. The lowest BCUT2D eigenvalue weighted by Gasteiger charge is -2.02. The van der Waals surface area contributed by atoms with E-state index < -0.39 is 0 Å². The minimum absolute atomic E-state index is 0.200. The number of hydrogen-bond donors (Lipinski definition) is 0. The highest BCUT2D eigenvalue weighted by atomic mass is 32.1. The van der Waals surface area contributed by atoms with Crippen LogP contribution in [0, 0.1) is 0 Å². The number of nitrogens with zero attached hydrogens (tertiary/aromatic N) is 1. The molecule has 0 spiro atoms. The van der Waals surface area contributed by atoms with E-state index >= 15 is 0 Å². The molecule has 0 saturated heterocycles. The summed E-state index contributed by atoms with van der Waals surface area (Å²) >= 11 is 1.49. The van der Waals surface area contributed by atoms with Crippen LogP contribution in [-0.4, -0.2) is 11.0 Å². The molecule has 1 aromatic heterocycles. The first-order valence-corrected chi connectivity index (χ1v) is 7.43. The fourth-order valence-corrected chi connectivity index (χ4v) is 2.62. The van der Waals surface area contributed by atoms with Gasteiger partial charge in [0.25, 0.3) is 0 Å². The van der Waals surface area contributed by atoms with Crippen LogP contribution in [0.4, 0.5) is 0 Å². The Bertz CT molecular complexity index is 723. The number of ether oxygens (including phenoxy) is 1. The molecule has 21 heavy (non-hydrogen) atoms. The molecule has 1 heterocycles. The Morgan fingerprint density at radius 1 is 1.00 bits per heavy atom. The summed E-state index contributed by atoms with van der Waals surface area (Å²) < 4.78 is 5.27. The summed E-state index contributed by atoms with van der Waals surface area (Å²) in [5.74, 6) is -0.327. The van der Waals surface area contributed by atoms with Crippen molar-refractivity contribution in [1.29, 1.82) is 0 Å². The number of carbonyl (C=O) groups is 1. The minimum atomic E-state index is -0.327. The van der Waals surface area contributed by atoms with E-state index in [1.165, 1.54) is 11.3 Å². The Morgan fingerprint density at radius 3 is 2.38 bits per heavy atom. The average Bonchev–Trinajstić information content (AvgIpc) is 3.03. The number of esters is 1. The molecule has 0 aliphatic carbocycles. The van der Waals surface area contributed by atoms with Crippen LogP contribution in [-0.2, 0) is 11.3 Å². The third-order valence-electron chi connectivity index (χ3n) is 2.96. The van der Waals surface area contributed by atoms with Gasteiger partial charge in [-0.05, 0) is 12.1 Å². The Kier molecular flexibility index (Phi) is 4.07. The molecular weight excluding hydrogens is 282 g/mol. The number of thiazole rings is 1. The molecule has 0 aliphatic heterocycles. The van der Waals surface area contributed by atoms with Crippen molar-refractivity contribution in [2.45, 2.75) is 6.61 Å². The molecule has 0 aliphatic rings. The van der Waals surface area contributed by atoms with Gasteiger partial charge in [-0.2, -0.15) is 0 Å². The number of benzene rings is 2. The summed E-state index contributed by atoms with van der Waals surface area (Å²) in [7, 11) is 0. The molecule has 0 atom stereocenters. The molecule has 0 fully saturated rings. The van der Waals surface area contributed by atoms with Crippen LogP contribution in [0.3, 0.4) is 0 Å². The molecular formula is C17H13NO2S. The van der Waals surface area contributed by atoms with Gasteiger partial charge in [-0.1, -0.05) is 48.5 Å². The number of rotatable bonds is 4. The summed E-state index contributed by atoms with van der Waals surface area (Å²) in [6.07, 6.45) is 0. The van der Waals surface area contributed by atoms with E-state index in [-0.39, 0.29) is 12.6 Å². The molecule has 3 nitrogen and oxygen atoms in total. The molecule has 0 radical (unpaired) electrons. The van der Waals surface area contributed by atoms with Crippen molar-refractivity contribution in [3.8, 4) is 11.3 Å². The van der Waals surface area contributed by atoms with Crippen LogP contribution >= 0.6 is 11.3 Å². The molecule has 0 unspecified atom stereocenters. The van der Waals surface area contributed by atoms with E-state index in [0.29, 0.717) is 5.56 Å². The maximum Gasteiger partial charge on any atom is 0.338 e. The van der Waals surface area contributed by atoms with E-state index in [9.17, 15) is 4.79 Å². The maximum atomic E-state index is 11.8. The monoisotopic (exact) mass is 295 g/mol. The Hall–Kier alpha value is -2.46. The van der Waals surface area contributed by atoms with Crippen LogP contribution in [0.25, 0.3) is 11.3 Å². The van der Waals surface area contributed by atoms with Crippen LogP contribution < -0.4 is 0 Å². The normalized spacial score (nSPS) is 10.3. The van der Waals surface area contributed by atoms with Crippen molar-refractivity contribution in [2.75, 3.05) is 0 Å². The van der Waals surface area contributed by atoms with Crippen molar-refractivity contribution < 1.29 is 9.53 Å². The van der Waals surface area contributed by atoms with Gasteiger partial charge in [0.15, 0.2) is 0 Å². The number of carbonyl (C=O) groups excluding carboxylic acids is 1. The van der Waals surface area contributed by atoms with Gasteiger partial charge in [-0.3, -0.25) is 0 Å². The summed E-state index contributed by atoms with van der Waals surface area (Å²) in [5.41, 5.74) is 2.53. The van der Waals surface area contributed by atoms with Gasteiger partial charge >= 0.3 is 5.97 Å².